The van der Waals surface area contributed by atoms with Crippen molar-refractivity contribution in [3.63, 3.8) is 0 Å². The van der Waals surface area contributed by atoms with Gasteiger partial charge < -0.3 is 15.7 Å². The Hall–Kier alpha value is -1.62. The van der Waals surface area contributed by atoms with Gasteiger partial charge in [0.15, 0.2) is 0 Å². The molecule has 0 radical (unpaired) electrons. The van der Waals surface area contributed by atoms with Gasteiger partial charge in [-0.15, -0.1) is 0 Å². The molecule has 0 aliphatic heterocycles. The van der Waals surface area contributed by atoms with Crippen LogP contribution in [0.2, 0.25) is 0 Å². The molecule has 0 saturated carbocycles. The second-order valence-electron chi connectivity index (χ2n) is 4.81. The van der Waals surface area contributed by atoms with Crippen molar-refractivity contribution in [1.82, 2.24) is 10.3 Å². The van der Waals surface area contributed by atoms with Crippen LogP contribution in [0.5, 0.6) is 0 Å². The van der Waals surface area contributed by atoms with E-state index in [-0.39, 0.29) is 5.91 Å². The Morgan fingerprint density at radius 3 is 2.78 bits per heavy atom. The van der Waals surface area contributed by atoms with Crippen molar-refractivity contribution in [2.45, 2.75) is 39.3 Å². The Bertz CT molecular complexity index is 416. The zero-order valence-electron chi connectivity index (χ0n) is 11.3. The van der Waals surface area contributed by atoms with Crippen molar-refractivity contribution >= 4 is 11.6 Å². The topological polar surface area (TPSA) is 74.2 Å². The largest absolute Gasteiger partial charge is 0.391 e. The standard InChI is InChI=1S/C13H21N3O2/c1-5-14-12(18)11-8-10(6-7-15-11)16-13(3,4)9(2)17/h6-9,17H,5H2,1-4H3,(H,14,18)(H,15,16). The maximum absolute atomic E-state index is 11.6. The molecule has 0 aromatic carbocycles. The fraction of sp³-hybridized carbons (Fsp3) is 0.538. The van der Waals surface area contributed by atoms with Crippen molar-refractivity contribution in [1.29, 1.82) is 0 Å². The fourth-order valence-electron chi connectivity index (χ4n) is 1.36. The van der Waals surface area contributed by atoms with E-state index in [1.165, 1.54) is 0 Å². The molecular weight excluding hydrogens is 230 g/mol. The van der Waals surface area contributed by atoms with Crippen LogP contribution in [0.15, 0.2) is 18.3 Å². The van der Waals surface area contributed by atoms with Crippen molar-refractivity contribution < 1.29 is 9.90 Å². The number of aromatic nitrogens is 1. The molecule has 1 amide bonds. The van der Waals surface area contributed by atoms with E-state index >= 15 is 0 Å². The van der Waals surface area contributed by atoms with Gasteiger partial charge in [0.2, 0.25) is 0 Å². The highest BCUT2D eigenvalue weighted by Gasteiger charge is 2.23. The van der Waals surface area contributed by atoms with Gasteiger partial charge >= 0.3 is 0 Å². The number of anilines is 1. The molecule has 1 unspecified atom stereocenters. The summed E-state index contributed by atoms with van der Waals surface area (Å²) in [6.45, 7) is 7.93. The van der Waals surface area contributed by atoms with E-state index in [0.29, 0.717) is 12.2 Å². The molecule has 0 bridgehead atoms. The van der Waals surface area contributed by atoms with E-state index in [2.05, 4.69) is 15.6 Å². The molecule has 18 heavy (non-hydrogen) atoms. The fourth-order valence-corrected chi connectivity index (χ4v) is 1.36. The predicted octanol–water partition coefficient (Wildman–Crippen LogP) is 1.40. The third-order valence-electron chi connectivity index (χ3n) is 2.84. The molecule has 1 aromatic rings. The van der Waals surface area contributed by atoms with Gasteiger partial charge in [-0.05, 0) is 39.8 Å². The Labute approximate surface area is 108 Å². The minimum Gasteiger partial charge on any atom is -0.391 e. The van der Waals surface area contributed by atoms with E-state index in [4.69, 9.17) is 0 Å². The molecule has 1 rings (SSSR count). The molecule has 0 spiro atoms. The molecule has 1 atom stereocenters. The average molecular weight is 251 g/mol. The lowest BCUT2D eigenvalue weighted by molar-refractivity contribution is 0.0951. The highest BCUT2D eigenvalue weighted by atomic mass is 16.3. The molecule has 0 aliphatic carbocycles. The monoisotopic (exact) mass is 251 g/mol. The Kier molecular flexibility index (Phi) is 4.67. The number of pyridine rings is 1. The lowest BCUT2D eigenvalue weighted by atomic mass is 9.98. The third-order valence-corrected chi connectivity index (χ3v) is 2.84. The second-order valence-corrected chi connectivity index (χ2v) is 4.81. The number of carbonyl (C=O) groups excluding carboxylic acids is 1. The number of carbonyl (C=O) groups is 1. The predicted molar refractivity (Wildman–Crippen MR) is 71.6 cm³/mol. The Morgan fingerprint density at radius 2 is 2.22 bits per heavy atom. The number of hydrogen-bond acceptors (Lipinski definition) is 4. The number of nitrogens with zero attached hydrogens (tertiary/aromatic N) is 1. The number of nitrogens with one attached hydrogen (secondary N) is 2. The molecule has 0 aliphatic rings. The van der Waals surface area contributed by atoms with Crippen molar-refractivity contribution in [2.24, 2.45) is 0 Å². The van der Waals surface area contributed by atoms with Crippen LogP contribution >= 0.6 is 0 Å². The smallest absolute Gasteiger partial charge is 0.269 e. The van der Waals surface area contributed by atoms with Crippen molar-refractivity contribution in [3.05, 3.63) is 24.0 Å². The molecule has 5 heteroatoms. The quantitative estimate of drug-likeness (QED) is 0.739. The van der Waals surface area contributed by atoms with E-state index in [1.54, 1.807) is 25.3 Å². The van der Waals surface area contributed by atoms with Crippen molar-refractivity contribution in [2.75, 3.05) is 11.9 Å². The molecule has 3 N–H and O–H groups in total. The second kappa shape index (κ2) is 5.82. The van der Waals surface area contributed by atoms with Crippen LogP contribution < -0.4 is 10.6 Å². The summed E-state index contributed by atoms with van der Waals surface area (Å²) in [6, 6.07) is 3.45. The zero-order valence-corrected chi connectivity index (χ0v) is 11.3. The maximum Gasteiger partial charge on any atom is 0.269 e. The summed E-state index contributed by atoms with van der Waals surface area (Å²) in [5.74, 6) is -0.198. The summed E-state index contributed by atoms with van der Waals surface area (Å²) in [5, 5.41) is 15.5. The first-order valence-corrected chi connectivity index (χ1v) is 6.07. The summed E-state index contributed by atoms with van der Waals surface area (Å²) in [5.41, 5.74) is 0.653. The number of amides is 1. The van der Waals surface area contributed by atoms with Gasteiger partial charge in [-0.25, -0.2) is 0 Å². The molecule has 100 valence electrons. The lowest BCUT2D eigenvalue weighted by Gasteiger charge is -2.30. The van der Waals surface area contributed by atoms with E-state index in [1.807, 2.05) is 20.8 Å². The maximum atomic E-state index is 11.6. The Balaban J connectivity index is 2.86. The van der Waals surface area contributed by atoms with E-state index in [9.17, 15) is 9.90 Å². The van der Waals surface area contributed by atoms with Gasteiger partial charge in [0.25, 0.3) is 5.91 Å². The highest BCUT2D eigenvalue weighted by Crippen LogP contribution is 2.18. The van der Waals surface area contributed by atoms with Crippen LogP contribution in [-0.2, 0) is 0 Å². The number of hydrogen-bond donors (Lipinski definition) is 3. The first kappa shape index (κ1) is 14.4. The van der Waals surface area contributed by atoms with E-state index < -0.39 is 11.6 Å². The molecular formula is C13H21N3O2. The van der Waals surface area contributed by atoms with Crippen molar-refractivity contribution in [3.8, 4) is 0 Å². The molecule has 5 nitrogen and oxygen atoms in total. The summed E-state index contributed by atoms with van der Waals surface area (Å²) >= 11 is 0. The summed E-state index contributed by atoms with van der Waals surface area (Å²) in [7, 11) is 0. The average Bonchev–Trinajstić information content (AvgIpc) is 2.29. The van der Waals surface area contributed by atoms with Crippen LogP contribution in [0, 0.1) is 0 Å². The molecule has 0 saturated heterocycles. The first-order chi connectivity index (χ1) is 8.36. The van der Waals surface area contributed by atoms with Crippen LogP contribution in [0.3, 0.4) is 0 Å². The van der Waals surface area contributed by atoms with E-state index in [0.717, 1.165) is 5.69 Å². The molecule has 1 heterocycles. The lowest BCUT2D eigenvalue weighted by Crippen LogP contribution is -2.41. The van der Waals surface area contributed by atoms with Crippen LogP contribution in [-0.4, -0.2) is 34.2 Å². The third kappa shape index (κ3) is 3.70. The van der Waals surface area contributed by atoms with Gasteiger partial charge in [-0.2, -0.15) is 0 Å². The van der Waals surface area contributed by atoms with Gasteiger partial charge in [-0.1, -0.05) is 0 Å². The van der Waals surface area contributed by atoms with Gasteiger partial charge in [0, 0.05) is 18.4 Å². The minimum absolute atomic E-state index is 0.198. The number of aliphatic hydroxyl groups is 1. The van der Waals surface area contributed by atoms with Crippen LogP contribution in [0.25, 0.3) is 0 Å². The summed E-state index contributed by atoms with van der Waals surface area (Å²) < 4.78 is 0. The molecule has 0 fully saturated rings. The number of aliphatic hydroxyl groups excluding tert-OH is 1. The number of rotatable bonds is 5. The highest BCUT2D eigenvalue weighted by molar-refractivity contribution is 5.93. The minimum atomic E-state index is -0.515. The SMILES string of the molecule is CCNC(=O)c1cc(NC(C)(C)C(C)O)ccn1. The van der Waals surface area contributed by atoms with Gasteiger partial charge in [-0.3, -0.25) is 9.78 Å². The first-order valence-electron chi connectivity index (χ1n) is 6.07. The van der Waals surface area contributed by atoms with Crippen LogP contribution in [0.1, 0.15) is 38.2 Å². The normalized spacial score (nSPS) is 12.9. The summed E-state index contributed by atoms with van der Waals surface area (Å²) in [4.78, 5) is 15.7. The Morgan fingerprint density at radius 1 is 1.56 bits per heavy atom. The zero-order chi connectivity index (χ0) is 13.8. The summed E-state index contributed by atoms with van der Waals surface area (Å²) in [6.07, 6.45) is 1.06. The molecule has 1 aromatic heterocycles. The van der Waals surface area contributed by atoms with Gasteiger partial charge in [0.1, 0.15) is 5.69 Å². The van der Waals surface area contributed by atoms with Crippen LogP contribution in [0.4, 0.5) is 5.69 Å². The van der Waals surface area contributed by atoms with Gasteiger partial charge in [0.05, 0.1) is 11.6 Å².